The first-order valence-corrected chi connectivity index (χ1v) is 7.40. The highest BCUT2D eigenvalue weighted by molar-refractivity contribution is 5.81. The Bertz CT molecular complexity index is 557. The summed E-state index contributed by atoms with van der Waals surface area (Å²) in [6.07, 6.45) is 1.00. The molecular formula is C17H26N2O. The van der Waals surface area contributed by atoms with Crippen molar-refractivity contribution in [2.24, 2.45) is 0 Å². The number of rotatable bonds is 7. The molecule has 0 fully saturated rings. The fourth-order valence-electron chi connectivity index (χ4n) is 2.41. The first kappa shape index (κ1) is 15.1. The van der Waals surface area contributed by atoms with E-state index in [2.05, 4.69) is 61.0 Å². The van der Waals surface area contributed by atoms with Crippen molar-refractivity contribution < 1.29 is 4.74 Å². The second-order valence-electron chi connectivity index (χ2n) is 5.84. The zero-order chi connectivity index (χ0) is 14.6. The summed E-state index contributed by atoms with van der Waals surface area (Å²) in [5.41, 5.74) is 2.58. The quantitative estimate of drug-likeness (QED) is 0.835. The summed E-state index contributed by atoms with van der Waals surface area (Å²) in [7, 11) is 1.79. The largest absolute Gasteiger partial charge is 0.379 e. The molecule has 1 aromatic heterocycles. The number of benzene rings is 1. The summed E-state index contributed by atoms with van der Waals surface area (Å²) >= 11 is 0. The van der Waals surface area contributed by atoms with Crippen LogP contribution in [0.4, 0.5) is 0 Å². The predicted octanol–water partition coefficient (Wildman–Crippen LogP) is 3.57. The number of nitrogens with zero attached hydrogens (tertiary/aromatic N) is 1. The Labute approximate surface area is 121 Å². The molecule has 0 bridgehead atoms. The van der Waals surface area contributed by atoms with E-state index in [9.17, 15) is 0 Å². The van der Waals surface area contributed by atoms with Crippen LogP contribution in [-0.4, -0.2) is 23.8 Å². The molecule has 110 valence electrons. The molecule has 1 N–H and O–H groups in total. The predicted molar refractivity (Wildman–Crippen MR) is 85.0 cm³/mol. The van der Waals surface area contributed by atoms with E-state index in [-0.39, 0.29) is 5.60 Å². The molecule has 0 aliphatic rings. The second kappa shape index (κ2) is 6.42. The van der Waals surface area contributed by atoms with Gasteiger partial charge in [0.25, 0.3) is 0 Å². The lowest BCUT2D eigenvalue weighted by Crippen LogP contribution is -2.25. The maximum Gasteiger partial charge on any atom is 0.0639 e. The minimum absolute atomic E-state index is 0.0825. The third-order valence-electron chi connectivity index (χ3n) is 3.94. The van der Waals surface area contributed by atoms with Crippen LogP contribution in [0.15, 0.2) is 30.3 Å². The standard InChI is InChI=1S/C17H26N2O/c1-5-18-13-15-12-14-8-6-7-9-16(14)19(15)11-10-17(2,3)20-4/h6-9,12,18H,5,10-11,13H2,1-4H3. The van der Waals surface area contributed by atoms with Crippen LogP contribution in [0.3, 0.4) is 0 Å². The molecular weight excluding hydrogens is 248 g/mol. The van der Waals surface area contributed by atoms with Crippen molar-refractivity contribution in [3.8, 4) is 0 Å². The molecule has 0 amide bonds. The molecule has 0 spiro atoms. The Morgan fingerprint density at radius 2 is 2.00 bits per heavy atom. The minimum Gasteiger partial charge on any atom is -0.379 e. The van der Waals surface area contributed by atoms with E-state index in [0.29, 0.717) is 0 Å². The summed E-state index contributed by atoms with van der Waals surface area (Å²) in [5.74, 6) is 0. The minimum atomic E-state index is -0.0825. The van der Waals surface area contributed by atoms with Crippen LogP contribution in [-0.2, 0) is 17.8 Å². The van der Waals surface area contributed by atoms with Gasteiger partial charge >= 0.3 is 0 Å². The highest BCUT2D eigenvalue weighted by Crippen LogP contribution is 2.23. The third-order valence-corrected chi connectivity index (χ3v) is 3.94. The van der Waals surface area contributed by atoms with Gasteiger partial charge in [0, 0.05) is 31.4 Å². The summed E-state index contributed by atoms with van der Waals surface area (Å²) in [5, 5.41) is 4.74. The number of methoxy groups -OCH3 is 1. The van der Waals surface area contributed by atoms with Crippen LogP contribution in [0, 0.1) is 0 Å². The maximum atomic E-state index is 5.54. The van der Waals surface area contributed by atoms with Crippen molar-refractivity contribution in [1.82, 2.24) is 9.88 Å². The van der Waals surface area contributed by atoms with Crippen molar-refractivity contribution >= 4 is 10.9 Å². The molecule has 3 heteroatoms. The van der Waals surface area contributed by atoms with Gasteiger partial charge in [0.15, 0.2) is 0 Å². The summed E-state index contributed by atoms with van der Waals surface area (Å²) in [4.78, 5) is 0. The Kier molecular flexibility index (Phi) is 4.84. The maximum absolute atomic E-state index is 5.54. The molecule has 3 nitrogen and oxygen atoms in total. The molecule has 1 heterocycles. The first-order chi connectivity index (χ1) is 9.57. The number of nitrogens with one attached hydrogen (secondary N) is 1. The van der Waals surface area contributed by atoms with Crippen LogP contribution >= 0.6 is 0 Å². The van der Waals surface area contributed by atoms with Crippen LogP contribution < -0.4 is 5.32 Å². The average molecular weight is 274 g/mol. The van der Waals surface area contributed by atoms with Crippen molar-refractivity contribution in [3.63, 3.8) is 0 Å². The lowest BCUT2D eigenvalue weighted by molar-refractivity contribution is 0.0121. The van der Waals surface area contributed by atoms with Crippen molar-refractivity contribution in [2.45, 2.75) is 45.9 Å². The molecule has 0 aliphatic heterocycles. The molecule has 0 atom stereocenters. The highest BCUT2D eigenvalue weighted by atomic mass is 16.5. The topological polar surface area (TPSA) is 26.2 Å². The van der Waals surface area contributed by atoms with Gasteiger partial charge in [-0.3, -0.25) is 0 Å². The van der Waals surface area contributed by atoms with E-state index in [4.69, 9.17) is 4.74 Å². The van der Waals surface area contributed by atoms with Gasteiger partial charge in [-0.15, -0.1) is 0 Å². The fraction of sp³-hybridized carbons (Fsp3) is 0.529. The molecule has 1 aromatic carbocycles. The third kappa shape index (κ3) is 3.41. The molecule has 2 aromatic rings. The van der Waals surface area contributed by atoms with Crippen molar-refractivity contribution in [2.75, 3.05) is 13.7 Å². The van der Waals surface area contributed by atoms with E-state index >= 15 is 0 Å². The van der Waals surface area contributed by atoms with Gasteiger partial charge in [0.1, 0.15) is 0 Å². The number of ether oxygens (including phenoxy) is 1. The highest BCUT2D eigenvalue weighted by Gasteiger charge is 2.17. The smallest absolute Gasteiger partial charge is 0.0639 e. The fourth-order valence-corrected chi connectivity index (χ4v) is 2.41. The van der Waals surface area contributed by atoms with Gasteiger partial charge < -0.3 is 14.6 Å². The Balaban J connectivity index is 2.28. The van der Waals surface area contributed by atoms with Crippen LogP contribution in [0.5, 0.6) is 0 Å². The molecule has 0 unspecified atom stereocenters. The number of fused-ring (bicyclic) bond motifs is 1. The van der Waals surface area contributed by atoms with E-state index in [1.54, 1.807) is 7.11 Å². The Morgan fingerprint density at radius 3 is 2.70 bits per heavy atom. The molecule has 0 aliphatic carbocycles. The lowest BCUT2D eigenvalue weighted by Gasteiger charge is -2.24. The molecule has 2 rings (SSSR count). The Morgan fingerprint density at radius 1 is 1.25 bits per heavy atom. The number of aromatic nitrogens is 1. The lowest BCUT2D eigenvalue weighted by atomic mass is 10.1. The molecule has 0 radical (unpaired) electrons. The first-order valence-electron chi connectivity index (χ1n) is 7.40. The van der Waals surface area contributed by atoms with Gasteiger partial charge in [-0.05, 0) is 44.3 Å². The summed E-state index contributed by atoms with van der Waals surface area (Å²) < 4.78 is 7.96. The van der Waals surface area contributed by atoms with Crippen LogP contribution in [0.1, 0.15) is 32.9 Å². The number of aryl methyl sites for hydroxylation is 1. The number of hydrogen-bond donors (Lipinski definition) is 1. The number of hydrogen-bond acceptors (Lipinski definition) is 2. The monoisotopic (exact) mass is 274 g/mol. The van der Waals surface area contributed by atoms with E-state index in [1.807, 2.05) is 0 Å². The van der Waals surface area contributed by atoms with Gasteiger partial charge in [-0.25, -0.2) is 0 Å². The average Bonchev–Trinajstić information content (AvgIpc) is 2.80. The zero-order valence-corrected chi connectivity index (χ0v) is 13.1. The van der Waals surface area contributed by atoms with Crippen molar-refractivity contribution in [1.29, 1.82) is 0 Å². The van der Waals surface area contributed by atoms with E-state index in [0.717, 1.165) is 26.1 Å². The van der Waals surface area contributed by atoms with E-state index < -0.39 is 0 Å². The second-order valence-corrected chi connectivity index (χ2v) is 5.84. The van der Waals surface area contributed by atoms with Gasteiger partial charge in [-0.1, -0.05) is 25.1 Å². The molecule has 0 saturated carbocycles. The van der Waals surface area contributed by atoms with Crippen LogP contribution in [0.25, 0.3) is 10.9 Å². The zero-order valence-electron chi connectivity index (χ0n) is 13.1. The van der Waals surface area contributed by atoms with Gasteiger partial charge in [0.2, 0.25) is 0 Å². The summed E-state index contributed by atoms with van der Waals surface area (Å²) in [6, 6.07) is 10.9. The molecule has 20 heavy (non-hydrogen) atoms. The van der Waals surface area contributed by atoms with Crippen molar-refractivity contribution in [3.05, 3.63) is 36.0 Å². The van der Waals surface area contributed by atoms with Gasteiger partial charge in [0.05, 0.1) is 5.60 Å². The van der Waals surface area contributed by atoms with Gasteiger partial charge in [-0.2, -0.15) is 0 Å². The number of para-hydroxylation sites is 1. The Hall–Kier alpha value is -1.32. The molecule has 0 saturated heterocycles. The van der Waals surface area contributed by atoms with E-state index in [1.165, 1.54) is 16.6 Å². The van der Waals surface area contributed by atoms with Crippen LogP contribution in [0.2, 0.25) is 0 Å². The normalized spacial score (nSPS) is 12.2. The summed E-state index contributed by atoms with van der Waals surface area (Å²) in [6.45, 7) is 9.31. The SMILES string of the molecule is CCNCc1cc2ccccc2n1CCC(C)(C)OC.